The minimum atomic E-state index is -0.450. The predicted octanol–water partition coefficient (Wildman–Crippen LogP) is 3.12. The number of nitrogens with one attached hydrogen (secondary N) is 2. The maximum Gasteiger partial charge on any atom is 0.251 e. The van der Waals surface area contributed by atoms with Gasteiger partial charge in [0, 0.05) is 24.3 Å². The zero-order valence-electron chi connectivity index (χ0n) is 12.7. The normalized spacial score (nSPS) is 10.4. The van der Waals surface area contributed by atoms with Crippen LogP contribution in [-0.4, -0.2) is 24.2 Å². The van der Waals surface area contributed by atoms with Crippen molar-refractivity contribution in [3.05, 3.63) is 63.9 Å². The number of hydrogen-bond acceptors (Lipinski definition) is 3. The Balaban J connectivity index is 2.11. The zero-order valence-corrected chi connectivity index (χ0v) is 13.5. The van der Waals surface area contributed by atoms with Gasteiger partial charge in [0.25, 0.3) is 5.91 Å². The molecule has 4 nitrogen and oxygen atoms in total. The first kappa shape index (κ1) is 17.2. The lowest BCUT2D eigenvalue weighted by molar-refractivity contribution is 0.0944. The van der Waals surface area contributed by atoms with E-state index in [0.29, 0.717) is 12.1 Å². The van der Waals surface area contributed by atoms with E-state index >= 15 is 0 Å². The Kier molecular flexibility index (Phi) is 5.96. The van der Waals surface area contributed by atoms with Crippen LogP contribution in [0.5, 0.6) is 0 Å². The molecule has 0 unspecified atom stereocenters. The van der Waals surface area contributed by atoms with Crippen LogP contribution in [0.3, 0.4) is 0 Å². The van der Waals surface area contributed by atoms with Gasteiger partial charge in [0.05, 0.1) is 11.6 Å². The second-order valence-corrected chi connectivity index (χ2v) is 5.47. The monoisotopic (exact) mass is 336 g/mol. The van der Waals surface area contributed by atoms with Crippen LogP contribution in [0.15, 0.2) is 36.4 Å². The molecule has 3 N–H and O–H groups in total. The molecule has 0 aromatic heterocycles. The standard InChI is InChI=1S/C17H18ClFN2O2/c1-11-13(17(23)20-7-8-22)3-2-4-16(11)21-10-12-5-6-15(19)14(18)9-12/h2-6,9,21-22H,7-8,10H2,1H3,(H,20,23). The summed E-state index contributed by atoms with van der Waals surface area (Å²) >= 11 is 5.77. The van der Waals surface area contributed by atoms with Crippen LogP contribution in [0, 0.1) is 12.7 Å². The number of aliphatic hydroxyl groups excluding tert-OH is 1. The molecule has 0 spiro atoms. The molecule has 23 heavy (non-hydrogen) atoms. The molecule has 0 atom stereocenters. The van der Waals surface area contributed by atoms with Crippen molar-refractivity contribution in [2.75, 3.05) is 18.5 Å². The zero-order chi connectivity index (χ0) is 16.8. The molecule has 1 amide bonds. The Morgan fingerprint density at radius 2 is 2.09 bits per heavy atom. The highest BCUT2D eigenvalue weighted by atomic mass is 35.5. The Morgan fingerprint density at radius 1 is 1.30 bits per heavy atom. The van der Waals surface area contributed by atoms with Crippen molar-refractivity contribution < 1.29 is 14.3 Å². The number of amides is 1. The Labute approximate surface area is 139 Å². The third-order valence-electron chi connectivity index (χ3n) is 3.44. The molecule has 0 saturated carbocycles. The molecular formula is C17H18ClFN2O2. The van der Waals surface area contributed by atoms with E-state index in [9.17, 15) is 9.18 Å². The van der Waals surface area contributed by atoms with Gasteiger partial charge in [-0.15, -0.1) is 0 Å². The van der Waals surface area contributed by atoms with Gasteiger partial charge in [0.15, 0.2) is 0 Å². The van der Waals surface area contributed by atoms with Crippen LogP contribution in [0.2, 0.25) is 5.02 Å². The largest absolute Gasteiger partial charge is 0.395 e. The number of rotatable bonds is 6. The van der Waals surface area contributed by atoms with E-state index in [1.54, 1.807) is 24.3 Å². The Hall–Kier alpha value is -2.11. The molecule has 2 rings (SSSR count). The van der Waals surface area contributed by atoms with Crippen molar-refractivity contribution in [3.63, 3.8) is 0 Å². The summed E-state index contributed by atoms with van der Waals surface area (Å²) in [6.07, 6.45) is 0. The average Bonchev–Trinajstić information content (AvgIpc) is 2.54. The highest BCUT2D eigenvalue weighted by Crippen LogP contribution is 2.21. The maximum atomic E-state index is 13.2. The van der Waals surface area contributed by atoms with Gasteiger partial charge in [-0.2, -0.15) is 0 Å². The molecule has 0 radical (unpaired) electrons. The summed E-state index contributed by atoms with van der Waals surface area (Å²) in [4.78, 5) is 12.0. The van der Waals surface area contributed by atoms with Crippen molar-refractivity contribution >= 4 is 23.2 Å². The van der Waals surface area contributed by atoms with Crippen molar-refractivity contribution in [2.45, 2.75) is 13.5 Å². The molecule has 122 valence electrons. The Bertz CT molecular complexity index is 707. The molecule has 0 aliphatic rings. The van der Waals surface area contributed by atoms with Gasteiger partial charge in [0.2, 0.25) is 0 Å². The number of aliphatic hydroxyl groups is 1. The van der Waals surface area contributed by atoms with E-state index in [2.05, 4.69) is 10.6 Å². The molecule has 6 heteroatoms. The van der Waals surface area contributed by atoms with Gasteiger partial charge in [-0.25, -0.2) is 4.39 Å². The second kappa shape index (κ2) is 7.94. The predicted molar refractivity (Wildman–Crippen MR) is 89.3 cm³/mol. The molecule has 0 saturated heterocycles. The number of carbonyl (C=O) groups excluding carboxylic acids is 1. The summed E-state index contributed by atoms with van der Waals surface area (Å²) in [6.45, 7) is 2.41. The minimum absolute atomic E-state index is 0.0816. The third kappa shape index (κ3) is 4.43. The van der Waals surface area contributed by atoms with Crippen LogP contribution in [0.4, 0.5) is 10.1 Å². The van der Waals surface area contributed by atoms with Crippen molar-refractivity contribution in [2.24, 2.45) is 0 Å². The number of anilines is 1. The van der Waals surface area contributed by atoms with Crippen LogP contribution in [-0.2, 0) is 6.54 Å². The van der Waals surface area contributed by atoms with Gasteiger partial charge in [-0.1, -0.05) is 23.7 Å². The lowest BCUT2D eigenvalue weighted by Crippen LogP contribution is -2.27. The molecule has 0 heterocycles. The molecule has 2 aromatic rings. The first-order valence-electron chi connectivity index (χ1n) is 7.19. The molecule has 0 aliphatic carbocycles. The highest BCUT2D eigenvalue weighted by Gasteiger charge is 2.11. The van der Waals surface area contributed by atoms with Crippen LogP contribution >= 0.6 is 11.6 Å². The number of benzene rings is 2. The maximum absolute atomic E-state index is 13.2. The lowest BCUT2D eigenvalue weighted by Gasteiger charge is -2.13. The third-order valence-corrected chi connectivity index (χ3v) is 3.73. The van der Waals surface area contributed by atoms with Crippen LogP contribution in [0.25, 0.3) is 0 Å². The van der Waals surface area contributed by atoms with E-state index in [0.717, 1.165) is 16.8 Å². The smallest absolute Gasteiger partial charge is 0.251 e. The van der Waals surface area contributed by atoms with E-state index in [1.807, 2.05) is 13.0 Å². The molecule has 0 aliphatic heterocycles. The van der Waals surface area contributed by atoms with Gasteiger partial charge >= 0.3 is 0 Å². The van der Waals surface area contributed by atoms with E-state index in [1.165, 1.54) is 6.07 Å². The molecule has 2 aromatic carbocycles. The summed E-state index contributed by atoms with van der Waals surface area (Å²) < 4.78 is 13.2. The fourth-order valence-electron chi connectivity index (χ4n) is 2.18. The lowest BCUT2D eigenvalue weighted by atomic mass is 10.1. The minimum Gasteiger partial charge on any atom is -0.395 e. The summed E-state index contributed by atoms with van der Waals surface area (Å²) in [5.41, 5.74) is 2.99. The molecular weight excluding hydrogens is 319 g/mol. The topological polar surface area (TPSA) is 61.4 Å². The van der Waals surface area contributed by atoms with Crippen molar-refractivity contribution in [1.29, 1.82) is 0 Å². The fraction of sp³-hybridized carbons (Fsp3) is 0.235. The van der Waals surface area contributed by atoms with Gasteiger partial charge < -0.3 is 15.7 Å². The van der Waals surface area contributed by atoms with Gasteiger partial charge in [-0.3, -0.25) is 4.79 Å². The number of halogens is 2. The van der Waals surface area contributed by atoms with E-state index in [-0.39, 0.29) is 24.1 Å². The SMILES string of the molecule is Cc1c(NCc2ccc(F)c(Cl)c2)cccc1C(=O)NCCO. The number of hydrogen-bond donors (Lipinski definition) is 3. The fourth-order valence-corrected chi connectivity index (χ4v) is 2.39. The van der Waals surface area contributed by atoms with Crippen molar-refractivity contribution in [1.82, 2.24) is 5.32 Å². The molecule has 0 bridgehead atoms. The highest BCUT2D eigenvalue weighted by molar-refractivity contribution is 6.30. The summed E-state index contributed by atoms with van der Waals surface area (Å²) in [7, 11) is 0. The first-order chi connectivity index (χ1) is 11.0. The first-order valence-corrected chi connectivity index (χ1v) is 7.57. The average molecular weight is 337 g/mol. The summed E-state index contributed by atoms with van der Waals surface area (Å²) in [5, 5.41) is 14.7. The van der Waals surface area contributed by atoms with Gasteiger partial charge in [0.1, 0.15) is 5.82 Å². The van der Waals surface area contributed by atoms with Crippen LogP contribution in [0.1, 0.15) is 21.5 Å². The van der Waals surface area contributed by atoms with Gasteiger partial charge in [-0.05, 0) is 42.3 Å². The Morgan fingerprint density at radius 3 is 2.78 bits per heavy atom. The van der Waals surface area contributed by atoms with Crippen LogP contribution < -0.4 is 10.6 Å². The van der Waals surface area contributed by atoms with E-state index in [4.69, 9.17) is 16.7 Å². The van der Waals surface area contributed by atoms with E-state index < -0.39 is 5.82 Å². The summed E-state index contributed by atoms with van der Waals surface area (Å²) in [5.74, 6) is -0.681. The number of carbonyl (C=O) groups is 1. The molecule has 0 fully saturated rings. The van der Waals surface area contributed by atoms with Crippen molar-refractivity contribution in [3.8, 4) is 0 Å². The summed E-state index contributed by atoms with van der Waals surface area (Å²) in [6, 6.07) is 9.91. The quantitative estimate of drug-likeness (QED) is 0.759. The second-order valence-electron chi connectivity index (χ2n) is 5.06.